The molecule has 0 unspecified atom stereocenters. The summed E-state index contributed by atoms with van der Waals surface area (Å²) in [5.74, 6) is 1.21. The van der Waals surface area contributed by atoms with Gasteiger partial charge in [0.1, 0.15) is 11.5 Å². The number of furan rings is 1. The van der Waals surface area contributed by atoms with E-state index in [9.17, 15) is 18.0 Å². The summed E-state index contributed by atoms with van der Waals surface area (Å²) in [7, 11) is -3.72. The maximum Gasteiger partial charge on any atom is 0.251 e. The molecule has 0 radical (unpaired) electrons. The van der Waals surface area contributed by atoms with Crippen molar-refractivity contribution in [2.24, 2.45) is 0 Å². The highest BCUT2D eigenvalue weighted by molar-refractivity contribution is 7.89. The van der Waals surface area contributed by atoms with Gasteiger partial charge in [0.15, 0.2) is 5.78 Å². The molecule has 31 heavy (non-hydrogen) atoms. The lowest BCUT2D eigenvalue weighted by Gasteiger charge is -2.09. The Morgan fingerprint density at radius 2 is 1.52 bits per heavy atom. The molecule has 1 aromatic heterocycles. The Balaban J connectivity index is 1.57. The van der Waals surface area contributed by atoms with Crippen molar-refractivity contribution in [1.82, 2.24) is 10.0 Å². The van der Waals surface area contributed by atoms with Gasteiger partial charge in [-0.05, 0) is 56.7 Å². The van der Waals surface area contributed by atoms with Crippen LogP contribution in [0.5, 0.6) is 0 Å². The third-order valence-electron chi connectivity index (χ3n) is 4.84. The van der Waals surface area contributed by atoms with Crippen LogP contribution in [0.4, 0.5) is 0 Å². The van der Waals surface area contributed by atoms with Gasteiger partial charge in [0.25, 0.3) is 5.91 Å². The first kappa shape index (κ1) is 22.5. The fraction of sp³-hybridized carbons (Fsp3) is 0.217. The molecule has 0 saturated heterocycles. The van der Waals surface area contributed by atoms with Gasteiger partial charge >= 0.3 is 0 Å². The number of hydrogen-bond donors (Lipinski definition) is 2. The molecule has 2 aromatic carbocycles. The number of rotatable bonds is 8. The summed E-state index contributed by atoms with van der Waals surface area (Å²) in [6.07, 6.45) is 0. The summed E-state index contributed by atoms with van der Waals surface area (Å²) in [6.45, 7) is 5.57. The summed E-state index contributed by atoms with van der Waals surface area (Å²) in [5, 5.41) is 2.84. The largest absolute Gasteiger partial charge is 0.466 e. The van der Waals surface area contributed by atoms with Gasteiger partial charge in [-0.3, -0.25) is 9.59 Å². The highest BCUT2D eigenvalue weighted by Crippen LogP contribution is 2.14. The third kappa shape index (κ3) is 5.68. The first-order valence-corrected chi connectivity index (χ1v) is 11.2. The lowest BCUT2D eigenvalue weighted by Crippen LogP contribution is -2.24. The van der Waals surface area contributed by atoms with Gasteiger partial charge in [0.05, 0.1) is 4.90 Å². The van der Waals surface area contributed by atoms with E-state index >= 15 is 0 Å². The molecule has 8 heteroatoms. The fourth-order valence-electron chi connectivity index (χ4n) is 3.04. The second-order valence-corrected chi connectivity index (χ2v) is 8.99. The van der Waals surface area contributed by atoms with Crippen LogP contribution in [0.1, 0.15) is 50.3 Å². The third-order valence-corrected chi connectivity index (χ3v) is 6.25. The molecule has 0 spiro atoms. The van der Waals surface area contributed by atoms with Crippen LogP contribution < -0.4 is 10.0 Å². The molecule has 162 valence electrons. The van der Waals surface area contributed by atoms with E-state index in [0.29, 0.717) is 23.2 Å². The highest BCUT2D eigenvalue weighted by atomic mass is 32.2. The van der Waals surface area contributed by atoms with Crippen molar-refractivity contribution in [2.45, 2.75) is 38.8 Å². The van der Waals surface area contributed by atoms with Gasteiger partial charge in [-0.15, -0.1) is 0 Å². The average Bonchev–Trinajstić information content (AvgIpc) is 3.08. The highest BCUT2D eigenvalue weighted by Gasteiger charge is 2.14. The van der Waals surface area contributed by atoms with Crippen molar-refractivity contribution >= 4 is 21.7 Å². The van der Waals surface area contributed by atoms with E-state index in [-0.39, 0.29) is 23.1 Å². The molecule has 0 fully saturated rings. The summed E-state index contributed by atoms with van der Waals surface area (Å²) < 4.78 is 32.9. The van der Waals surface area contributed by atoms with Crippen molar-refractivity contribution in [2.75, 3.05) is 0 Å². The maximum absolute atomic E-state index is 12.4. The molecular weight excluding hydrogens is 416 g/mol. The Hall–Kier alpha value is -3.23. The molecule has 3 aromatic rings. The quantitative estimate of drug-likeness (QED) is 0.522. The lowest BCUT2D eigenvalue weighted by atomic mass is 10.1. The predicted molar refractivity (Wildman–Crippen MR) is 116 cm³/mol. The summed E-state index contributed by atoms with van der Waals surface area (Å²) >= 11 is 0. The van der Waals surface area contributed by atoms with Crippen LogP contribution in [0.2, 0.25) is 0 Å². The number of carbonyl (C=O) groups excluding carboxylic acids is 2. The van der Waals surface area contributed by atoms with Crippen molar-refractivity contribution in [3.8, 4) is 0 Å². The topological polar surface area (TPSA) is 105 Å². The minimum Gasteiger partial charge on any atom is -0.466 e. The Morgan fingerprint density at radius 1 is 0.903 bits per heavy atom. The Labute approximate surface area is 181 Å². The zero-order valence-electron chi connectivity index (χ0n) is 17.6. The van der Waals surface area contributed by atoms with E-state index < -0.39 is 10.0 Å². The molecule has 1 amide bonds. The van der Waals surface area contributed by atoms with Gasteiger partial charge in [-0.2, -0.15) is 0 Å². The predicted octanol–water partition coefficient (Wildman–Crippen LogP) is 3.51. The summed E-state index contributed by atoms with van der Waals surface area (Å²) in [6, 6.07) is 14.3. The van der Waals surface area contributed by atoms with Gasteiger partial charge in [-0.25, -0.2) is 13.1 Å². The van der Waals surface area contributed by atoms with E-state index in [4.69, 9.17) is 4.42 Å². The summed E-state index contributed by atoms with van der Waals surface area (Å²) in [5.41, 5.74) is 2.56. The number of nitrogens with one attached hydrogen (secondary N) is 2. The van der Waals surface area contributed by atoms with Crippen LogP contribution in [0.3, 0.4) is 0 Å². The smallest absolute Gasteiger partial charge is 0.251 e. The van der Waals surface area contributed by atoms with Gasteiger partial charge in [-0.1, -0.05) is 24.3 Å². The minimum absolute atomic E-state index is 0.0756. The molecule has 0 bridgehead atoms. The number of aryl methyl sites for hydroxylation is 2. The average molecular weight is 441 g/mol. The van der Waals surface area contributed by atoms with E-state index in [0.717, 1.165) is 17.1 Å². The van der Waals surface area contributed by atoms with E-state index in [1.165, 1.54) is 31.2 Å². The monoisotopic (exact) mass is 440 g/mol. The van der Waals surface area contributed by atoms with Crippen molar-refractivity contribution in [3.63, 3.8) is 0 Å². The number of benzene rings is 2. The number of hydrogen-bond acceptors (Lipinski definition) is 5. The van der Waals surface area contributed by atoms with Crippen LogP contribution in [0, 0.1) is 13.8 Å². The minimum atomic E-state index is -3.72. The Bertz CT molecular complexity index is 1190. The number of amides is 1. The first-order chi connectivity index (χ1) is 14.7. The molecular formula is C23H24N2O5S. The molecule has 0 aliphatic carbocycles. The zero-order valence-corrected chi connectivity index (χ0v) is 18.4. The molecule has 0 atom stereocenters. The standard InChI is InChI=1S/C23H24N2O5S/c1-15-12-21(17(3)30-15)14-24-23(27)20-6-4-18(5-7-20)13-25-31(28,29)22-10-8-19(9-11-22)16(2)26/h4-12,25H,13-14H2,1-3H3,(H,24,27). The van der Waals surface area contributed by atoms with Crippen LogP contribution in [-0.4, -0.2) is 20.1 Å². The second-order valence-electron chi connectivity index (χ2n) is 7.22. The normalized spacial score (nSPS) is 11.3. The molecule has 3 rings (SSSR count). The lowest BCUT2D eigenvalue weighted by molar-refractivity contribution is 0.0949. The fourth-order valence-corrected chi connectivity index (χ4v) is 4.06. The van der Waals surface area contributed by atoms with E-state index in [2.05, 4.69) is 10.0 Å². The number of carbonyl (C=O) groups is 2. The van der Waals surface area contributed by atoms with Crippen molar-refractivity contribution < 1.29 is 22.4 Å². The second kappa shape index (κ2) is 9.28. The molecule has 0 saturated carbocycles. The van der Waals surface area contributed by atoms with Gasteiger partial charge in [0.2, 0.25) is 10.0 Å². The number of Topliss-reactive ketones (excluding diaryl/α,β-unsaturated/α-hetero) is 1. The molecule has 2 N–H and O–H groups in total. The van der Waals surface area contributed by atoms with E-state index in [1.54, 1.807) is 24.3 Å². The van der Waals surface area contributed by atoms with Crippen molar-refractivity contribution in [1.29, 1.82) is 0 Å². The van der Waals surface area contributed by atoms with Crippen LogP contribution in [0.25, 0.3) is 0 Å². The first-order valence-electron chi connectivity index (χ1n) is 9.69. The molecule has 1 heterocycles. The van der Waals surface area contributed by atoms with Gasteiger partial charge < -0.3 is 9.73 Å². The van der Waals surface area contributed by atoms with Gasteiger partial charge in [0, 0.05) is 29.8 Å². The molecule has 0 aliphatic rings. The SMILES string of the molecule is CC(=O)c1ccc(S(=O)(=O)NCc2ccc(C(=O)NCc3cc(C)oc3C)cc2)cc1. The number of sulfonamides is 1. The number of ketones is 1. The molecule has 7 nitrogen and oxygen atoms in total. The molecule has 0 aliphatic heterocycles. The Kier molecular flexibility index (Phi) is 6.72. The van der Waals surface area contributed by atoms with E-state index in [1.807, 2.05) is 19.9 Å². The zero-order chi connectivity index (χ0) is 22.6. The maximum atomic E-state index is 12.4. The van der Waals surface area contributed by atoms with Crippen LogP contribution in [0.15, 0.2) is 63.9 Å². The Morgan fingerprint density at radius 3 is 2.06 bits per heavy atom. The van der Waals surface area contributed by atoms with Crippen molar-refractivity contribution in [3.05, 3.63) is 88.4 Å². The van der Waals surface area contributed by atoms with Crippen LogP contribution >= 0.6 is 0 Å². The van der Waals surface area contributed by atoms with Crippen LogP contribution in [-0.2, 0) is 23.1 Å². The summed E-state index contributed by atoms with van der Waals surface area (Å²) in [4.78, 5) is 23.8.